The van der Waals surface area contributed by atoms with Crippen LogP contribution in [0.1, 0.15) is 30.7 Å². The van der Waals surface area contributed by atoms with Crippen molar-refractivity contribution in [2.75, 3.05) is 11.3 Å². The monoisotopic (exact) mass is 474 g/mol. The second-order valence-electron chi connectivity index (χ2n) is 7.81. The molecule has 0 bridgehead atoms. The standard InChI is InChI=1S/C22H23FN4O5S/c1-14-11-16(7-9-19(14)32-13-21(28)29)33(30,31)26-15-6-8-18(23)17(12-15)22-25-24-20-5-3-2-4-10-27(20)22/h6-9,11-12,26H,2-5,10,13H2,1H3,(H,28,29). The number of sulfonamides is 1. The van der Waals surface area contributed by atoms with Crippen molar-refractivity contribution in [2.24, 2.45) is 0 Å². The summed E-state index contributed by atoms with van der Waals surface area (Å²) < 4.78 is 50.0. The lowest BCUT2D eigenvalue weighted by molar-refractivity contribution is -0.139. The van der Waals surface area contributed by atoms with Gasteiger partial charge >= 0.3 is 5.97 Å². The average Bonchev–Trinajstić information content (AvgIpc) is 3.01. The summed E-state index contributed by atoms with van der Waals surface area (Å²) in [6.07, 6.45) is 3.77. The number of nitrogens with one attached hydrogen (secondary N) is 1. The second kappa shape index (κ2) is 9.18. The van der Waals surface area contributed by atoms with E-state index in [-0.39, 0.29) is 21.9 Å². The summed E-state index contributed by atoms with van der Waals surface area (Å²) in [5.41, 5.74) is 0.816. The first-order valence-corrected chi connectivity index (χ1v) is 11.9. The molecule has 0 amide bonds. The first kappa shape index (κ1) is 22.7. The van der Waals surface area contributed by atoms with Crippen LogP contribution in [0.5, 0.6) is 5.75 Å². The average molecular weight is 475 g/mol. The lowest BCUT2D eigenvalue weighted by Gasteiger charge is -2.13. The highest BCUT2D eigenvalue weighted by atomic mass is 32.2. The zero-order valence-electron chi connectivity index (χ0n) is 17.9. The van der Waals surface area contributed by atoms with Gasteiger partial charge in [0, 0.05) is 18.7 Å². The molecule has 9 nitrogen and oxygen atoms in total. The summed E-state index contributed by atoms with van der Waals surface area (Å²) in [6.45, 7) is 1.77. The Balaban J connectivity index is 1.60. The number of halogens is 1. The molecule has 33 heavy (non-hydrogen) atoms. The third-order valence-electron chi connectivity index (χ3n) is 5.38. The van der Waals surface area contributed by atoms with Gasteiger partial charge in [-0.25, -0.2) is 17.6 Å². The van der Waals surface area contributed by atoms with Crippen molar-refractivity contribution in [2.45, 2.75) is 44.0 Å². The van der Waals surface area contributed by atoms with Crippen molar-refractivity contribution in [3.63, 3.8) is 0 Å². The molecule has 0 aliphatic carbocycles. The Hall–Kier alpha value is -3.47. The molecule has 3 aromatic rings. The normalized spacial score (nSPS) is 13.8. The zero-order valence-corrected chi connectivity index (χ0v) is 18.7. The number of hydrogen-bond acceptors (Lipinski definition) is 6. The Bertz CT molecular complexity index is 1310. The number of benzene rings is 2. The number of anilines is 1. The molecule has 4 rings (SSSR count). The van der Waals surface area contributed by atoms with Gasteiger partial charge in [-0.1, -0.05) is 6.42 Å². The number of rotatable bonds is 7. The Kier molecular flexibility index (Phi) is 6.32. The van der Waals surface area contributed by atoms with Gasteiger partial charge in [0.1, 0.15) is 17.4 Å². The van der Waals surface area contributed by atoms with E-state index in [1.54, 1.807) is 6.92 Å². The smallest absolute Gasteiger partial charge is 0.341 e. The van der Waals surface area contributed by atoms with Crippen molar-refractivity contribution in [1.29, 1.82) is 0 Å². The van der Waals surface area contributed by atoms with Crippen LogP contribution in [-0.2, 0) is 27.8 Å². The quantitative estimate of drug-likeness (QED) is 0.538. The summed E-state index contributed by atoms with van der Waals surface area (Å²) in [6, 6.07) is 8.03. The summed E-state index contributed by atoms with van der Waals surface area (Å²) in [5, 5.41) is 17.1. The van der Waals surface area contributed by atoms with Gasteiger partial charge in [-0.05, 0) is 61.7 Å². The largest absolute Gasteiger partial charge is 0.482 e. The number of carboxylic acid groups (broad SMARTS) is 1. The molecule has 0 unspecified atom stereocenters. The molecule has 2 heterocycles. The maximum Gasteiger partial charge on any atom is 0.341 e. The minimum Gasteiger partial charge on any atom is -0.482 e. The topological polar surface area (TPSA) is 123 Å². The summed E-state index contributed by atoms with van der Waals surface area (Å²) >= 11 is 0. The molecule has 0 radical (unpaired) electrons. The van der Waals surface area contributed by atoms with E-state index < -0.39 is 28.4 Å². The molecule has 0 saturated heterocycles. The molecule has 0 spiro atoms. The molecule has 174 valence electrons. The van der Waals surface area contributed by atoms with Gasteiger partial charge in [-0.2, -0.15) is 0 Å². The van der Waals surface area contributed by atoms with Gasteiger partial charge in [0.15, 0.2) is 12.4 Å². The molecule has 1 aliphatic rings. The Labute approximate surface area is 190 Å². The van der Waals surface area contributed by atoms with Gasteiger partial charge in [0.2, 0.25) is 0 Å². The van der Waals surface area contributed by atoms with E-state index in [0.717, 1.165) is 31.5 Å². The molecule has 1 aliphatic heterocycles. The summed E-state index contributed by atoms with van der Waals surface area (Å²) in [7, 11) is -3.99. The van der Waals surface area contributed by atoms with Crippen LogP contribution < -0.4 is 9.46 Å². The van der Waals surface area contributed by atoms with E-state index in [2.05, 4.69) is 14.9 Å². The summed E-state index contributed by atoms with van der Waals surface area (Å²) in [5.74, 6) is -0.208. The number of aromatic nitrogens is 3. The van der Waals surface area contributed by atoms with Crippen LogP contribution in [0.15, 0.2) is 41.3 Å². The summed E-state index contributed by atoms with van der Waals surface area (Å²) in [4.78, 5) is 10.6. The van der Waals surface area contributed by atoms with Gasteiger partial charge < -0.3 is 14.4 Å². The fourth-order valence-electron chi connectivity index (χ4n) is 3.75. The van der Waals surface area contributed by atoms with E-state index in [1.807, 2.05) is 4.57 Å². The van der Waals surface area contributed by atoms with Crippen LogP contribution in [0.3, 0.4) is 0 Å². The van der Waals surface area contributed by atoms with Crippen molar-refractivity contribution < 1.29 is 27.4 Å². The molecule has 0 atom stereocenters. The lowest BCUT2D eigenvalue weighted by Crippen LogP contribution is -2.14. The maximum atomic E-state index is 14.7. The molecule has 11 heteroatoms. The highest BCUT2D eigenvalue weighted by Gasteiger charge is 2.21. The van der Waals surface area contributed by atoms with Crippen molar-refractivity contribution >= 4 is 21.7 Å². The predicted molar refractivity (Wildman–Crippen MR) is 118 cm³/mol. The fourth-order valence-corrected chi connectivity index (χ4v) is 4.88. The van der Waals surface area contributed by atoms with Crippen molar-refractivity contribution in [3.8, 4) is 17.1 Å². The van der Waals surface area contributed by atoms with Crippen LogP contribution in [0, 0.1) is 12.7 Å². The zero-order chi connectivity index (χ0) is 23.6. The lowest BCUT2D eigenvalue weighted by atomic mass is 10.1. The first-order valence-electron chi connectivity index (χ1n) is 10.4. The van der Waals surface area contributed by atoms with E-state index in [0.29, 0.717) is 17.9 Å². The van der Waals surface area contributed by atoms with Crippen LogP contribution in [0.2, 0.25) is 0 Å². The number of carbonyl (C=O) groups is 1. The minimum absolute atomic E-state index is 0.0371. The molecule has 0 saturated carbocycles. The van der Waals surface area contributed by atoms with E-state index in [4.69, 9.17) is 9.84 Å². The number of nitrogens with zero attached hydrogens (tertiary/aromatic N) is 3. The SMILES string of the molecule is Cc1cc(S(=O)(=O)Nc2ccc(F)c(-c3nnc4n3CCCCC4)c2)ccc1OCC(=O)O. The molecular formula is C22H23FN4O5S. The van der Waals surface area contributed by atoms with E-state index in [1.165, 1.54) is 36.4 Å². The predicted octanol–water partition coefficient (Wildman–Crippen LogP) is 3.38. The third-order valence-corrected chi connectivity index (χ3v) is 6.76. The number of fused-ring (bicyclic) bond motifs is 1. The van der Waals surface area contributed by atoms with Crippen LogP contribution in [0.4, 0.5) is 10.1 Å². The van der Waals surface area contributed by atoms with E-state index >= 15 is 0 Å². The Morgan fingerprint density at radius 2 is 2.00 bits per heavy atom. The van der Waals surface area contributed by atoms with Crippen molar-refractivity contribution in [1.82, 2.24) is 14.8 Å². The fraction of sp³-hybridized carbons (Fsp3) is 0.318. The maximum absolute atomic E-state index is 14.7. The molecular weight excluding hydrogens is 451 g/mol. The van der Waals surface area contributed by atoms with Gasteiger partial charge in [-0.3, -0.25) is 4.72 Å². The Morgan fingerprint density at radius 3 is 2.76 bits per heavy atom. The van der Waals surface area contributed by atoms with Crippen molar-refractivity contribution in [3.05, 3.63) is 53.6 Å². The third kappa shape index (κ3) is 4.98. The number of aryl methyl sites for hydroxylation is 2. The van der Waals surface area contributed by atoms with Gasteiger partial charge in [0.25, 0.3) is 10.0 Å². The van der Waals surface area contributed by atoms with Gasteiger partial charge in [0.05, 0.1) is 10.5 Å². The number of aliphatic carboxylic acids is 1. The molecule has 2 N–H and O–H groups in total. The molecule has 2 aromatic carbocycles. The highest BCUT2D eigenvalue weighted by molar-refractivity contribution is 7.92. The highest BCUT2D eigenvalue weighted by Crippen LogP contribution is 2.29. The van der Waals surface area contributed by atoms with Crippen LogP contribution in [-0.4, -0.2) is 40.9 Å². The molecule has 1 aromatic heterocycles. The number of carboxylic acids is 1. The second-order valence-corrected chi connectivity index (χ2v) is 9.49. The minimum atomic E-state index is -3.99. The number of hydrogen-bond donors (Lipinski definition) is 2. The van der Waals surface area contributed by atoms with Crippen LogP contribution in [0.25, 0.3) is 11.4 Å². The molecule has 0 fully saturated rings. The van der Waals surface area contributed by atoms with Crippen LogP contribution >= 0.6 is 0 Å². The van der Waals surface area contributed by atoms with Gasteiger partial charge in [-0.15, -0.1) is 10.2 Å². The number of ether oxygens (including phenoxy) is 1. The Morgan fingerprint density at radius 1 is 1.18 bits per heavy atom. The van der Waals surface area contributed by atoms with E-state index in [9.17, 15) is 17.6 Å². The first-order chi connectivity index (χ1) is 15.7.